The van der Waals surface area contributed by atoms with E-state index in [1.807, 2.05) is 0 Å². The van der Waals surface area contributed by atoms with Crippen LogP contribution in [0, 0.1) is 13.8 Å². The summed E-state index contributed by atoms with van der Waals surface area (Å²) in [5.41, 5.74) is 14.1. The lowest BCUT2D eigenvalue weighted by Crippen LogP contribution is -2.13. The second-order valence-corrected chi connectivity index (χ2v) is 18.9. The SMILES string of the molecule is Cc1ccc2c(N(c3ccccc3)c3ccc(C(C)(C)C)cc3)cc3c4cc(C)cc5c4c(cc3c2c1)-c1ccc(N(c2ccccc2)c2ccc(C(C)(C)C)cc2)cc1O5. The Balaban J connectivity index is 1.19. The van der Waals surface area contributed by atoms with Gasteiger partial charge in [0, 0.05) is 50.8 Å². The molecule has 0 amide bonds. The summed E-state index contributed by atoms with van der Waals surface area (Å²) in [7, 11) is 0. The first-order chi connectivity index (χ1) is 29.3. The van der Waals surface area contributed by atoms with Gasteiger partial charge >= 0.3 is 0 Å². The van der Waals surface area contributed by atoms with Gasteiger partial charge in [0.1, 0.15) is 11.5 Å². The second kappa shape index (κ2) is 14.4. The van der Waals surface area contributed by atoms with Crippen molar-refractivity contribution in [1.29, 1.82) is 0 Å². The number of aryl methyl sites for hydroxylation is 2. The van der Waals surface area contributed by atoms with Crippen LogP contribution >= 0.6 is 0 Å². The molecule has 0 bridgehead atoms. The van der Waals surface area contributed by atoms with E-state index in [1.54, 1.807) is 0 Å². The van der Waals surface area contributed by atoms with Crippen molar-refractivity contribution in [2.75, 3.05) is 9.80 Å². The van der Waals surface area contributed by atoms with E-state index in [9.17, 15) is 0 Å². The second-order valence-electron chi connectivity index (χ2n) is 18.9. The molecule has 9 aromatic carbocycles. The van der Waals surface area contributed by atoms with E-state index in [2.05, 4.69) is 235 Å². The minimum absolute atomic E-state index is 0.0579. The van der Waals surface area contributed by atoms with E-state index in [1.165, 1.54) is 49.2 Å². The number of ether oxygens (including phenoxy) is 1. The quantitative estimate of drug-likeness (QED) is 0.156. The van der Waals surface area contributed by atoms with Crippen LogP contribution in [-0.4, -0.2) is 0 Å². The van der Waals surface area contributed by atoms with Crippen LogP contribution in [0.3, 0.4) is 0 Å². The Hall–Kier alpha value is -6.84. The van der Waals surface area contributed by atoms with Crippen LogP contribution in [0.4, 0.5) is 34.1 Å². The summed E-state index contributed by atoms with van der Waals surface area (Å²) in [5, 5.41) is 7.23. The summed E-state index contributed by atoms with van der Waals surface area (Å²) in [5.74, 6) is 1.75. The van der Waals surface area contributed by atoms with Crippen LogP contribution < -0.4 is 14.5 Å². The topological polar surface area (TPSA) is 15.7 Å². The Morgan fingerprint density at radius 3 is 1.48 bits per heavy atom. The van der Waals surface area contributed by atoms with Crippen LogP contribution in [0.1, 0.15) is 63.8 Å². The Kier molecular flexibility index (Phi) is 9.07. The Bertz CT molecular complexity index is 3120. The first-order valence-electron chi connectivity index (χ1n) is 21.5. The molecular weight excluding hydrogens is 741 g/mol. The molecule has 0 unspecified atom stereocenters. The monoisotopic (exact) mass is 792 g/mol. The molecule has 1 heterocycles. The first kappa shape index (κ1) is 38.4. The molecule has 0 saturated heterocycles. The molecule has 300 valence electrons. The van der Waals surface area contributed by atoms with Crippen molar-refractivity contribution >= 4 is 66.4 Å². The smallest absolute Gasteiger partial charge is 0.137 e. The van der Waals surface area contributed by atoms with Gasteiger partial charge in [-0.2, -0.15) is 0 Å². The lowest BCUT2D eigenvalue weighted by molar-refractivity contribution is 0.487. The lowest BCUT2D eigenvalue weighted by atomic mass is 9.86. The molecule has 0 atom stereocenters. The zero-order valence-corrected chi connectivity index (χ0v) is 36.5. The Morgan fingerprint density at radius 2 is 0.869 bits per heavy atom. The van der Waals surface area contributed by atoms with Gasteiger partial charge in [0.15, 0.2) is 0 Å². The van der Waals surface area contributed by atoms with E-state index in [-0.39, 0.29) is 10.8 Å². The minimum Gasteiger partial charge on any atom is -0.456 e. The van der Waals surface area contributed by atoms with Crippen molar-refractivity contribution in [3.05, 3.63) is 192 Å². The highest BCUT2D eigenvalue weighted by atomic mass is 16.5. The average molecular weight is 793 g/mol. The summed E-state index contributed by atoms with van der Waals surface area (Å²) in [6.45, 7) is 18.0. The van der Waals surface area contributed by atoms with Crippen molar-refractivity contribution in [2.24, 2.45) is 0 Å². The van der Waals surface area contributed by atoms with Gasteiger partial charge in [-0.15, -0.1) is 0 Å². The molecule has 1 aliphatic rings. The van der Waals surface area contributed by atoms with E-state index < -0.39 is 0 Å². The van der Waals surface area contributed by atoms with Gasteiger partial charge in [-0.3, -0.25) is 0 Å². The molecule has 0 saturated carbocycles. The van der Waals surface area contributed by atoms with Crippen molar-refractivity contribution in [3.8, 4) is 22.6 Å². The molecule has 1 aliphatic heterocycles. The fraction of sp³-hybridized carbons (Fsp3) is 0.172. The number of hydrogen-bond acceptors (Lipinski definition) is 3. The van der Waals surface area contributed by atoms with Crippen LogP contribution in [0.2, 0.25) is 0 Å². The van der Waals surface area contributed by atoms with E-state index >= 15 is 0 Å². The standard InChI is InChI=1S/C58H52N2O/c1-37-19-29-46-48(31-37)49-35-52-47-30-28-45(59(41-15-11-9-12-16-41)43-24-20-39(21-25-43)57(3,4)5)34-54(47)61-55-33-38(2)32-51(56(52)55)50(49)36-53(46)60(42-17-13-10-14-18-42)44-26-22-40(23-27-44)58(6,7)8/h9-36H,1-8H3. The van der Waals surface area contributed by atoms with E-state index in [4.69, 9.17) is 4.74 Å². The molecule has 61 heavy (non-hydrogen) atoms. The van der Waals surface area contributed by atoms with Gasteiger partial charge in [0.25, 0.3) is 0 Å². The highest BCUT2D eigenvalue weighted by Gasteiger charge is 2.27. The average Bonchev–Trinajstić information content (AvgIpc) is 3.24. The number of benzene rings is 9. The number of fused-ring (bicyclic) bond motifs is 6. The molecule has 0 spiro atoms. The van der Waals surface area contributed by atoms with Gasteiger partial charge in [-0.05, 0) is 147 Å². The molecule has 10 rings (SSSR count). The highest BCUT2D eigenvalue weighted by Crippen LogP contribution is 2.53. The predicted octanol–water partition coefficient (Wildman–Crippen LogP) is 17.1. The molecular formula is C58H52N2O. The summed E-state index contributed by atoms with van der Waals surface area (Å²) >= 11 is 0. The summed E-state index contributed by atoms with van der Waals surface area (Å²) < 4.78 is 7.03. The zero-order valence-electron chi connectivity index (χ0n) is 36.5. The van der Waals surface area contributed by atoms with Gasteiger partial charge in [-0.1, -0.05) is 132 Å². The predicted molar refractivity (Wildman–Crippen MR) is 261 cm³/mol. The molecule has 9 aromatic rings. The summed E-state index contributed by atoms with van der Waals surface area (Å²) in [6.07, 6.45) is 0. The van der Waals surface area contributed by atoms with Crippen molar-refractivity contribution in [1.82, 2.24) is 0 Å². The molecule has 0 fully saturated rings. The number of rotatable bonds is 6. The third-order valence-corrected chi connectivity index (χ3v) is 12.4. The first-order valence-corrected chi connectivity index (χ1v) is 21.5. The van der Waals surface area contributed by atoms with Crippen molar-refractivity contribution < 1.29 is 4.74 Å². The van der Waals surface area contributed by atoms with Crippen LogP contribution in [0.15, 0.2) is 170 Å². The molecule has 0 radical (unpaired) electrons. The van der Waals surface area contributed by atoms with E-state index in [0.29, 0.717) is 0 Å². The maximum Gasteiger partial charge on any atom is 0.137 e. The third kappa shape index (κ3) is 6.79. The minimum atomic E-state index is 0.0579. The van der Waals surface area contributed by atoms with Gasteiger partial charge in [-0.25, -0.2) is 0 Å². The molecule has 0 aliphatic carbocycles. The number of hydrogen-bond donors (Lipinski definition) is 0. The van der Waals surface area contributed by atoms with Gasteiger partial charge in [0.2, 0.25) is 0 Å². The number of anilines is 6. The molecule has 3 heteroatoms. The Labute approximate surface area is 360 Å². The lowest BCUT2D eigenvalue weighted by Gasteiger charge is -2.30. The maximum absolute atomic E-state index is 7.03. The van der Waals surface area contributed by atoms with Gasteiger partial charge in [0.05, 0.1) is 5.69 Å². The largest absolute Gasteiger partial charge is 0.456 e. The molecule has 3 nitrogen and oxygen atoms in total. The fourth-order valence-corrected chi connectivity index (χ4v) is 9.18. The Morgan fingerprint density at radius 1 is 0.361 bits per heavy atom. The number of para-hydroxylation sites is 2. The molecule has 0 N–H and O–H groups in total. The van der Waals surface area contributed by atoms with Crippen LogP contribution in [-0.2, 0) is 10.8 Å². The van der Waals surface area contributed by atoms with Gasteiger partial charge < -0.3 is 14.5 Å². The number of nitrogens with zero attached hydrogens (tertiary/aromatic N) is 2. The molecule has 0 aromatic heterocycles. The van der Waals surface area contributed by atoms with Crippen LogP contribution in [0.5, 0.6) is 11.5 Å². The maximum atomic E-state index is 7.03. The zero-order chi connectivity index (χ0) is 42.2. The van der Waals surface area contributed by atoms with Crippen LogP contribution in [0.25, 0.3) is 43.4 Å². The third-order valence-electron chi connectivity index (χ3n) is 12.4. The van der Waals surface area contributed by atoms with Crippen molar-refractivity contribution in [3.63, 3.8) is 0 Å². The van der Waals surface area contributed by atoms with E-state index in [0.717, 1.165) is 62.1 Å². The normalized spacial score (nSPS) is 12.4. The highest BCUT2D eigenvalue weighted by molar-refractivity contribution is 6.26. The van der Waals surface area contributed by atoms with Crippen molar-refractivity contribution in [2.45, 2.75) is 66.2 Å². The summed E-state index contributed by atoms with van der Waals surface area (Å²) in [4.78, 5) is 4.75. The fourth-order valence-electron chi connectivity index (χ4n) is 9.18. The summed E-state index contributed by atoms with van der Waals surface area (Å²) in [6, 6.07) is 62.5.